The van der Waals surface area contributed by atoms with E-state index >= 15 is 0 Å². The number of carbonyl (C=O) groups excluding carboxylic acids is 1. The number of likely N-dealkylation sites (tertiary alicyclic amines) is 1. The summed E-state index contributed by atoms with van der Waals surface area (Å²) in [6.07, 6.45) is 6.29. The Morgan fingerprint density at radius 3 is 2.80 bits per heavy atom. The van der Waals surface area contributed by atoms with Crippen molar-refractivity contribution in [1.29, 1.82) is 0 Å². The topological polar surface area (TPSA) is 66.8 Å². The molecule has 0 spiro atoms. The van der Waals surface area contributed by atoms with Gasteiger partial charge in [0.15, 0.2) is 0 Å². The SMILES string of the molecule is O=C(CCC1CCCO1)N1C[C@@H]2CCC[C@@]2(C(=O)O)C1. The van der Waals surface area contributed by atoms with E-state index in [0.29, 0.717) is 19.5 Å². The molecule has 20 heavy (non-hydrogen) atoms. The highest BCUT2D eigenvalue weighted by molar-refractivity contribution is 5.81. The van der Waals surface area contributed by atoms with Gasteiger partial charge in [-0.15, -0.1) is 0 Å². The van der Waals surface area contributed by atoms with E-state index in [9.17, 15) is 14.7 Å². The lowest BCUT2D eigenvalue weighted by Gasteiger charge is -2.23. The second kappa shape index (κ2) is 5.35. The molecule has 112 valence electrons. The standard InChI is InChI=1S/C15H23NO4/c17-13(6-5-12-4-2-8-20-12)16-9-11-3-1-7-15(11,10-16)14(18)19/h11-12H,1-10H2,(H,18,19)/t11-,12?,15+/m0/s1. The molecule has 1 aliphatic carbocycles. The van der Waals surface area contributed by atoms with Crippen LogP contribution in [-0.2, 0) is 14.3 Å². The van der Waals surface area contributed by atoms with Gasteiger partial charge in [-0.3, -0.25) is 9.59 Å². The van der Waals surface area contributed by atoms with Crippen LogP contribution in [0.4, 0.5) is 0 Å². The smallest absolute Gasteiger partial charge is 0.311 e. The minimum absolute atomic E-state index is 0.107. The molecule has 3 fully saturated rings. The highest BCUT2D eigenvalue weighted by Crippen LogP contribution is 2.49. The molecule has 1 N–H and O–H groups in total. The molecule has 0 bridgehead atoms. The van der Waals surface area contributed by atoms with Crippen molar-refractivity contribution in [3.63, 3.8) is 0 Å². The second-order valence-electron chi connectivity index (χ2n) is 6.50. The summed E-state index contributed by atoms with van der Waals surface area (Å²) in [5.74, 6) is -0.448. The van der Waals surface area contributed by atoms with Crippen LogP contribution in [0.5, 0.6) is 0 Å². The first-order valence-corrected chi connectivity index (χ1v) is 7.74. The van der Waals surface area contributed by atoms with E-state index in [1.54, 1.807) is 4.90 Å². The lowest BCUT2D eigenvalue weighted by atomic mass is 9.81. The average molecular weight is 281 g/mol. The monoisotopic (exact) mass is 281 g/mol. The Labute approximate surface area is 119 Å². The van der Waals surface area contributed by atoms with Crippen molar-refractivity contribution in [3.05, 3.63) is 0 Å². The number of carboxylic acids is 1. The van der Waals surface area contributed by atoms with Gasteiger partial charge in [0, 0.05) is 26.1 Å². The minimum atomic E-state index is -0.713. The van der Waals surface area contributed by atoms with Gasteiger partial charge < -0.3 is 14.7 Å². The minimum Gasteiger partial charge on any atom is -0.481 e. The molecule has 2 heterocycles. The van der Waals surface area contributed by atoms with E-state index in [1.807, 2.05) is 0 Å². The van der Waals surface area contributed by atoms with Gasteiger partial charge in [0.2, 0.25) is 5.91 Å². The van der Waals surface area contributed by atoms with Gasteiger partial charge in [-0.2, -0.15) is 0 Å². The number of carboxylic acid groups (broad SMARTS) is 1. The Morgan fingerprint density at radius 2 is 2.15 bits per heavy atom. The Kier molecular flexibility index (Phi) is 3.71. The molecule has 5 heteroatoms. The molecule has 3 atom stereocenters. The van der Waals surface area contributed by atoms with Crippen LogP contribution in [0.15, 0.2) is 0 Å². The van der Waals surface area contributed by atoms with E-state index in [4.69, 9.17) is 4.74 Å². The molecule has 2 aliphatic heterocycles. The zero-order chi connectivity index (χ0) is 14.2. The number of aliphatic carboxylic acids is 1. The zero-order valence-electron chi connectivity index (χ0n) is 11.8. The third-order valence-electron chi connectivity index (χ3n) is 5.35. The summed E-state index contributed by atoms with van der Waals surface area (Å²) in [6.45, 7) is 1.86. The van der Waals surface area contributed by atoms with Gasteiger partial charge in [0.05, 0.1) is 11.5 Å². The van der Waals surface area contributed by atoms with Crippen molar-refractivity contribution >= 4 is 11.9 Å². The summed E-state index contributed by atoms with van der Waals surface area (Å²) in [5, 5.41) is 9.52. The van der Waals surface area contributed by atoms with E-state index in [0.717, 1.165) is 45.1 Å². The molecule has 1 unspecified atom stereocenters. The summed E-state index contributed by atoms with van der Waals surface area (Å²) >= 11 is 0. The number of carbonyl (C=O) groups is 2. The third-order valence-corrected chi connectivity index (χ3v) is 5.35. The van der Waals surface area contributed by atoms with Crippen LogP contribution >= 0.6 is 0 Å². The van der Waals surface area contributed by atoms with E-state index in [2.05, 4.69) is 0 Å². The molecular weight excluding hydrogens is 258 g/mol. The van der Waals surface area contributed by atoms with Crippen LogP contribution in [0.3, 0.4) is 0 Å². The number of hydrogen-bond donors (Lipinski definition) is 1. The molecular formula is C15H23NO4. The van der Waals surface area contributed by atoms with Gasteiger partial charge in [0.1, 0.15) is 0 Å². The summed E-state index contributed by atoms with van der Waals surface area (Å²) < 4.78 is 5.53. The third kappa shape index (κ3) is 2.32. The number of amides is 1. The predicted octanol–water partition coefficient (Wildman–Crippen LogP) is 1.66. The van der Waals surface area contributed by atoms with Crippen molar-refractivity contribution in [2.45, 2.75) is 51.0 Å². The maximum absolute atomic E-state index is 12.3. The molecule has 3 aliphatic rings. The first-order chi connectivity index (χ1) is 9.62. The van der Waals surface area contributed by atoms with Gasteiger partial charge >= 0.3 is 5.97 Å². The second-order valence-corrected chi connectivity index (χ2v) is 6.50. The number of rotatable bonds is 4. The quantitative estimate of drug-likeness (QED) is 0.851. The highest BCUT2D eigenvalue weighted by atomic mass is 16.5. The summed E-state index contributed by atoms with van der Waals surface area (Å²) in [7, 11) is 0. The Morgan fingerprint density at radius 1 is 1.30 bits per heavy atom. The fraction of sp³-hybridized carbons (Fsp3) is 0.867. The Bertz CT molecular complexity index is 405. The predicted molar refractivity (Wildman–Crippen MR) is 72.2 cm³/mol. The van der Waals surface area contributed by atoms with E-state index < -0.39 is 11.4 Å². The summed E-state index contributed by atoms with van der Waals surface area (Å²) in [6, 6.07) is 0. The van der Waals surface area contributed by atoms with Crippen LogP contribution in [-0.4, -0.2) is 47.7 Å². The molecule has 0 aromatic heterocycles. The van der Waals surface area contributed by atoms with E-state index in [1.165, 1.54) is 0 Å². The first kappa shape index (κ1) is 13.9. The zero-order valence-corrected chi connectivity index (χ0v) is 11.8. The van der Waals surface area contributed by atoms with Crippen LogP contribution in [0, 0.1) is 11.3 Å². The first-order valence-electron chi connectivity index (χ1n) is 7.74. The molecule has 0 radical (unpaired) electrons. The summed E-state index contributed by atoms with van der Waals surface area (Å²) in [4.78, 5) is 25.6. The fourth-order valence-electron chi connectivity index (χ4n) is 4.14. The highest BCUT2D eigenvalue weighted by Gasteiger charge is 2.55. The van der Waals surface area contributed by atoms with Crippen LogP contribution in [0.1, 0.15) is 44.9 Å². The van der Waals surface area contributed by atoms with Crippen molar-refractivity contribution in [3.8, 4) is 0 Å². The largest absolute Gasteiger partial charge is 0.481 e. The van der Waals surface area contributed by atoms with Crippen LogP contribution in [0.25, 0.3) is 0 Å². The van der Waals surface area contributed by atoms with Gasteiger partial charge in [-0.1, -0.05) is 6.42 Å². The maximum Gasteiger partial charge on any atom is 0.311 e. The van der Waals surface area contributed by atoms with Gasteiger partial charge in [-0.25, -0.2) is 0 Å². The molecule has 0 aromatic rings. The van der Waals surface area contributed by atoms with Crippen LogP contribution < -0.4 is 0 Å². The number of ether oxygens (including phenoxy) is 1. The van der Waals surface area contributed by atoms with E-state index in [-0.39, 0.29) is 17.9 Å². The Balaban J connectivity index is 1.56. The molecule has 3 rings (SSSR count). The van der Waals surface area contributed by atoms with Crippen molar-refractivity contribution in [2.24, 2.45) is 11.3 Å². The van der Waals surface area contributed by atoms with Crippen molar-refractivity contribution < 1.29 is 19.4 Å². The molecule has 2 saturated heterocycles. The molecule has 5 nitrogen and oxygen atoms in total. The number of hydrogen-bond acceptors (Lipinski definition) is 3. The van der Waals surface area contributed by atoms with Crippen molar-refractivity contribution in [1.82, 2.24) is 4.90 Å². The lowest BCUT2D eigenvalue weighted by Crippen LogP contribution is -2.37. The lowest BCUT2D eigenvalue weighted by molar-refractivity contribution is -0.149. The fourth-order valence-corrected chi connectivity index (χ4v) is 4.14. The van der Waals surface area contributed by atoms with Gasteiger partial charge in [-0.05, 0) is 38.0 Å². The summed E-state index contributed by atoms with van der Waals surface area (Å²) in [5.41, 5.74) is -0.653. The number of nitrogens with zero attached hydrogens (tertiary/aromatic N) is 1. The maximum atomic E-state index is 12.3. The molecule has 1 amide bonds. The average Bonchev–Trinajstić information content (AvgIpc) is 3.10. The normalized spacial score (nSPS) is 36.3. The van der Waals surface area contributed by atoms with Crippen molar-refractivity contribution in [2.75, 3.05) is 19.7 Å². The Hall–Kier alpha value is -1.10. The van der Waals surface area contributed by atoms with Crippen LogP contribution in [0.2, 0.25) is 0 Å². The molecule has 0 aromatic carbocycles. The molecule has 1 saturated carbocycles. The van der Waals surface area contributed by atoms with Gasteiger partial charge in [0.25, 0.3) is 0 Å². The number of fused-ring (bicyclic) bond motifs is 1.